The standard InChI is InChI=1S/C14H19Cl3N2O/c1-3-19(4-2)13(14(15,16)17)18-12(20)10-11-8-6-5-7-9-11/h5-9,13H,3-4,10H2,1-2H3,(H,18,20)/p+1. The normalized spacial score (nSPS) is 13.3. The molecule has 0 aliphatic rings. The van der Waals surface area contributed by atoms with Crippen molar-refractivity contribution in [1.82, 2.24) is 5.32 Å². The molecule has 0 bridgehead atoms. The van der Waals surface area contributed by atoms with Crippen molar-refractivity contribution in [2.24, 2.45) is 0 Å². The van der Waals surface area contributed by atoms with E-state index in [1.165, 1.54) is 0 Å². The minimum absolute atomic E-state index is 0.146. The second-order valence-electron chi connectivity index (χ2n) is 4.57. The minimum atomic E-state index is -1.53. The molecule has 1 aromatic carbocycles. The number of alkyl halides is 3. The van der Waals surface area contributed by atoms with Gasteiger partial charge in [-0.1, -0.05) is 65.1 Å². The molecule has 0 aromatic heterocycles. The predicted octanol–water partition coefficient (Wildman–Crippen LogP) is 1.97. The van der Waals surface area contributed by atoms with Gasteiger partial charge in [-0.3, -0.25) is 4.79 Å². The Hall–Kier alpha value is -0.480. The summed E-state index contributed by atoms with van der Waals surface area (Å²) in [7, 11) is 0. The van der Waals surface area contributed by atoms with E-state index in [1.807, 2.05) is 44.2 Å². The average molecular weight is 339 g/mol. The van der Waals surface area contributed by atoms with Crippen LogP contribution in [0.3, 0.4) is 0 Å². The van der Waals surface area contributed by atoms with E-state index in [9.17, 15) is 4.79 Å². The number of quaternary nitrogens is 1. The summed E-state index contributed by atoms with van der Waals surface area (Å²) in [4.78, 5) is 13.1. The zero-order valence-electron chi connectivity index (χ0n) is 11.6. The molecule has 0 aliphatic heterocycles. The van der Waals surface area contributed by atoms with Gasteiger partial charge in [0.25, 0.3) is 3.79 Å². The Labute approximate surface area is 135 Å². The number of hydrogen-bond donors (Lipinski definition) is 2. The van der Waals surface area contributed by atoms with Crippen molar-refractivity contribution in [2.45, 2.75) is 30.2 Å². The van der Waals surface area contributed by atoms with E-state index in [1.54, 1.807) is 0 Å². The minimum Gasteiger partial charge on any atom is -0.312 e. The van der Waals surface area contributed by atoms with Crippen molar-refractivity contribution in [3.8, 4) is 0 Å². The molecule has 0 saturated carbocycles. The van der Waals surface area contributed by atoms with Gasteiger partial charge in [0.2, 0.25) is 12.1 Å². The quantitative estimate of drug-likeness (QED) is 0.603. The van der Waals surface area contributed by atoms with E-state index in [4.69, 9.17) is 34.8 Å². The SMILES string of the molecule is CC[NH+](CC)C(NC(=O)Cc1ccccc1)C(Cl)(Cl)Cl. The largest absolute Gasteiger partial charge is 0.312 e. The van der Waals surface area contributed by atoms with E-state index in [2.05, 4.69) is 5.32 Å². The highest BCUT2D eigenvalue weighted by Gasteiger charge is 2.40. The smallest absolute Gasteiger partial charge is 0.262 e. The fourth-order valence-electron chi connectivity index (χ4n) is 2.07. The first-order valence-electron chi connectivity index (χ1n) is 6.63. The lowest BCUT2D eigenvalue weighted by Gasteiger charge is -2.31. The van der Waals surface area contributed by atoms with Crippen LogP contribution < -0.4 is 10.2 Å². The summed E-state index contributed by atoms with van der Waals surface area (Å²) >= 11 is 18.0. The number of carbonyl (C=O) groups is 1. The van der Waals surface area contributed by atoms with Crippen molar-refractivity contribution >= 4 is 40.7 Å². The van der Waals surface area contributed by atoms with Crippen LogP contribution in [0.15, 0.2) is 30.3 Å². The molecule has 1 aromatic rings. The van der Waals surface area contributed by atoms with Crippen molar-refractivity contribution in [1.29, 1.82) is 0 Å². The first-order chi connectivity index (χ1) is 9.38. The molecule has 0 spiro atoms. The molecule has 0 saturated heterocycles. The van der Waals surface area contributed by atoms with Gasteiger partial charge in [0.1, 0.15) is 0 Å². The molecule has 20 heavy (non-hydrogen) atoms. The average Bonchev–Trinajstić information content (AvgIpc) is 2.39. The third-order valence-corrected chi connectivity index (χ3v) is 3.81. The Balaban J connectivity index is 2.72. The molecule has 0 fully saturated rings. The summed E-state index contributed by atoms with van der Waals surface area (Å²) in [6.07, 6.45) is -0.280. The predicted molar refractivity (Wildman–Crippen MR) is 84.4 cm³/mol. The number of nitrogens with one attached hydrogen (secondary N) is 2. The maximum atomic E-state index is 12.1. The van der Waals surface area contributed by atoms with Crippen LogP contribution in [0.2, 0.25) is 0 Å². The van der Waals surface area contributed by atoms with Gasteiger partial charge in [0, 0.05) is 0 Å². The van der Waals surface area contributed by atoms with E-state index in [-0.39, 0.29) is 12.3 Å². The molecule has 0 radical (unpaired) electrons. The van der Waals surface area contributed by atoms with Crippen molar-refractivity contribution in [3.63, 3.8) is 0 Å². The third kappa shape index (κ3) is 5.49. The molecule has 1 amide bonds. The van der Waals surface area contributed by atoms with E-state index >= 15 is 0 Å². The molecule has 1 unspecified atom stereocenters. The van der Waals surface area contributed by atoms with E-state index in [0.717, 1.165) is 23.6 Å². The van der Waals surface area contributed by atoms with Crippen LogP contribution in [-0.2, 0) is 11.2 Å². The molecule has 112 valence electrons. The molecule has 0 aliphatic carbocycles. The summed E-state index contributed by atoms with van der Waals surface area (Å²) in [6, 6.07) is 9.49. The fourth-order valence-corrected chi connectivity index (χ4v) is 2.69. The highest BCUT2D eigenvalue weighted by Crippen LogP contribution is 2.27. The number of benzene rings is 1. The van der Waals surface area contributed by atoms with Crippen molar-refractivity contribution < 1.29 is 9.69 Å². The Morgan fingerprint density at radius 2 is 1.75 bits per heavy atom. The van der Waals surface area contributed by atoms with Gasteiger partial charge in [-0.25, -0.2) is 0 Å². The van der Waals surface area contributed by atoms with Crippen LogP contribution >= 0.6 is 34.8 Å². The molecule has 1 atom stereocenters. The van der Waals surface area contributed by atoms with Crippen LogP contribution in [0.4, 0.5) is 0 Å². The van der Waals surface area contributed by atoms with Gasteiger partial charge in [0.15, 0.2) is 0 Å². The molecule has 1 rings (SSSR count). The summed E-state index contributed by atoms with van der Waals surface area (Å²) in [5, 5.41) is 2.84. The topological polar surface area (TPSA) is 33.5 Å². The van der Waals surface area contributed by atoms with Crippen LogP contribution in [0, 0.1) is 0 Å². The second kappa shape index (κ2) is 8.08. The molecule has 3 nitrogen and oxygen atoms in total. The second-order valence-corrected chi connectivity index (χ2v) is 6.94. The summed E-state index contributed by atoms with van der Waals surface area (Å²) < 4.78 is -1.53. The van der Waals surface area contributed by atoms with Crippen LogP contribution in [0.25, 0.3) is 0 Å². The first-order valence-corrected chi connectivity index (χ1v) is 7.76. The zero-order valence-corrected chi connectivity index (χ0v) is 13.9. The highest BCUT2D eigenvalue weighted by atomic mass is 35.6. The molecule has 2 N–H and O–H groups in total. The van der Waals surface area contributed by atoms with E-state index < -0.39 is 9.96 Å². The summed E-state index contributed by atoms with van der Waals surface area (Å²) in [5.74, 6) is -0.146. The van der Waals surface area contributed by atoms with Gasteiger partial charge in [-0.05, 0) is 19.4 Å². The molecular formula is C14H20Cl3N2O+. The number of amides is 1. The van der Waals surface area contributed by atoms with Crippen molar-refractivity contribution in [2.75, 3.05) is 13.1 Å². The molecular weight excluding hydrogens is 319 g/mol. The van der Waals surface area contributed by atoms with Gasteiger partial charge in [-0.15, -0.1) is 0 Å². The van der Waals surface area contributed by atoms with Gasteiger partial charge < -0.3 is 10.2 Å². The van der Waals surface area contributed by atoms with Crippen LogP contribution in [-0.4, -0.2) is 29.0 Å². The lowest BCUT2D eigenvalue weighted by molar-refractivity contribution is -0.923. The van der Waals surface area contributed by atoms with Crippen LogP contribution in [0.1, 0.15) is 19.4 Å². The zero-order chi connectivity index (χ0) is 15.2. The Bertz CT molecular complexity index is 416. The Morgan fingerprint density at radius 1 is 1.20 bits per heavy atom. The highest BCUT2D eigenvalue weighted by molar-refractivity contribution is 6.68. The van der Waals surface area contributed by atoms with Gasteiger partial charge >= 0.3 is 0 Å². The Kier molecular flexibility index (Phi) is 7.10. The molecule has 6 heteroatoms. The lowest BCUT2D eigenvalue weighted by Crippen LogP contribution is -3.18. The third-order valence-electron chi connectivity index (χ3n) is 3.16. The Morgan fingerprint density at radius 3 is 2.20 bits per heavy atom. The van der Waals surface area contributed by atoms with Gasteiger partial charge in [-0.2, -0.15) is 0 Å². The maximum Gasteiger partial charge on any atom is 0.262 e. The van der Waals surface area contributed by atoms with E-state index in [0.29, 0.717) is 0 Å². The number of carbonyl (C=O) groups excluding carboxylic acids is 1. The first kappa shape index (κ1) is 17.6. The summed E-state index contributed by atoms with van der Waals surface area (Å²) in [5.41, 5.74) is 0.933. The maximum absolute atomic E-state index is 12.1. The molecule has 0 heterocycles. The lowest BCUT2D eigenvalue weighted by atomic mass is 10.1. The van der Waals surface area contributed by atoms with Crippen LogP contribution in [0.5, 0.6) is 0 Å². The fraction of sp³-hybridized carbons (Fsp3) is 0.500. The number of hydrogen-bond acceptors (Lipinski definition) is 1. The van der Waals surface area contributed by atoms with Gasteiger partial charge in [0.05, 0.1) is 19.5 Å². The monoisotopic (exact) mass is 337 g/mol. The summed E-state index contributed by atoms with van der Waals surface area (Å²) in [6.45, 7) is 5.51. The van der Waals surface area contributed by atoms with Crippen molar-refractivity contribution in [3.05, 3.63) is 35.9 Å². The number of halogens is 3. The number of rotatable bonds is 6.